The Morgan fingerprint density at radius 3 is 2.63 bits per heavy atom. The number of nitrogens with zero attached hydrogens (tertiary/aromatic N) is 4. The Morgan fingerprint density at radius 1 is 1.09 bits per heavy atom. The number of fused-ring (bicyclic) bond motifs is 1. The maximum Gasteiger partial charge on any atom is 0.226 e. The lowest BCUT2D eigenvalue weighted by Gasteiger charge is -2.42. The lowest BCUT2D eigenvalue weighted by Crippen LogP contribution is -2.56. The minimum absolute atomic E-state index is 0.218. The van der Waals surface area contributed by atoms with Crippen LogP contribution in [0.5, 0.6) is 0 Å². The van der Waals surface area contributed by atoms with E-state index in [4.69, 9.17) is 22.3 Å². The number of hydrogen-bond acceptors (Lipinski definition) is 5. The Bertz CT molecular complexity index is 1290. The van der Waals surface area contributed by atoms with Gasteiger partial charge in [-0.2, -0.15) is 0 Å². The molecular formula is C28H32ClN5O. The predicted molar refractivity (Wildman–Crippen MR) is 142 cm³/mol. The number of halogens is 1. The van der Waals surface area contributed by atoms with Gasteiger partial charge in [0.1, 0.15) is 5.15 Å². The van der Waals surface area contributed by atoms with E-state index >= 15 is 0 Å². The van der Waals surface area contributed by atoms with Gasteiger partial charge in [0.15, 0.2) is 5.82 Å². The lowest BCUT2D eigenvalue weighted by molar-refractivity contribution is -0.135. The van der Waals surface area contributed by atoms with Crippen LogP contribution in [0.4, 0.5) is 11.5 Å². The maximum atomic E-state index is 12.9. The highest BCUT2D eigenvalue weighted by Crippen LogP contribution is 2.47. The van der Waals surface area contributed by atoms with Crippen LogP contribution in [0.3, 0.4) is 0 Å². The van der Waals surface area contributed by atoms with Gasteiger partial charge in [0, 0.05) is 48.5 Å². The Balaban J connectivity index is 1.37. The molecule has 1 aromatic carbocycles. The first-order chi connectivity index (χ1) is 17.0. The summed E-state index contributed by atoms with van der Waals surface area (Å²) in [5, 5.41) is 1.53. The summed E-state index contributed by atoms with van der Waals surface area (Å²) < 4.78 is 0. The normalized spacial score (nSPS) is 20.5. The van der Waals surface area contributed by atoms with E-state index in [0.29, 0.717) is 22.7 Å². The summed E-state index contributed by atoms with van der Waals surface area (Å²) in [7, 11) is 0. The van der Waals surface area contributed by atoms with E-state index in [-0.39, 0.29) is 12.0 Å². The predicted octanol–water partition coefficient (Wildman–Crippen LogP) is 5.64. The average Bonchev–Trinajstić information content (AvgIpc) is 3.76. The fourth-order valence-electron chi connectivity index (χ4n) is 5.52. The number of carbonyl (C=O) groups is 1. The molecule has 35 heavy (non-hydrogen) atoms. The van der Waals surface area contributed by atoms with Crippen LogP contribution in [-0.4, -0.2) is 46.5 Å². The van der Waals surface area contributed by atoms with Crippen LogP contribution in [0.25, 0.3) is 22.0 Å². The Kier molecular flexibility index (Phi) is 5.79. The van der Waals surface area contributed by atoms with E-state index < -0.39 is 0 Å². The zero-order chi connectivity index (χ0) is 24.1. The SMILES string of the molecule is CCC[C@@H]1CN(c2nc(C3CC3)c(-c3cc(Cl)nc4ccccc34)cc2N)CCN1C(=O)C1CC1. The number of benzene rings is 1. The van der Waals surface area contributed by atoms with Crippen LogP contribution < -0.4 is 10.6 Å². The lowest BCUT2D eigenvalue weighted by atomic mass is 9.97. The van der Waals surface area contributed by atoms with Crippen molar-refractivity contribution < 1.29 is 4.79 Å². The second-order valence-electron chi connectivity index (χ2n) is 10.3. The van der Waals surface area contributed by atoms with Crippen LogP contribution in [0.2, 0.25) is 5.15 Å². The number of pyridine rings is 2. The number of anilines is 2. The highest BCUT2D eigenvalue weighted by Gasteiger charge is 2.39. The van der Waals surface area contributed by atoms with Gasteiger partial charge in [0.2, 0.25) is 5.91 Å². The van der Waals surface area contributed by atoms with Crippen LogP contribution >= 0.6 is 11.6 Å². The van der Waals surface area contributed by atoms with E-state index in [1.54, 1.807) is 0 Å². The monoisotopic (exact) mass is 489 g/mol. The number of aromatic nitrogens is 2. The molecule has 1 aliphatic heterocycles. The number of nitrogen functional groups attached to an aromatic ring is 1. The molecule has 2 saturated carbocycles. The zero-order valence-corrected chi connectivity index (χ0v) is 21.0. The quantitative estimate of drug-likeness (QED) is 0.453. The number of piperazine rings is 1. The topological polar surface area (TPSA) is 75.4 Å². The molecule has 2 N–H and O–H groups in total. The molecule has 0 spiro atoms. The van der Waals surface area contributed by atoms with Gasteiger partial charge in [-0.3, -0.25) is 4.79 Å². The van der Waals surface area contributed by atoms with Gasteiger partial charge < -0.3 is 15.5 Å². The molecule has 7 heteroatoms. The molecule has 6 rings (SSSR count). The number of hydrogen-bond donors (Lipinski definition) is 1. The molecule has 3 heterocycles. The summed E-state index contributed by atoms with van der Waals surface area (Å²) in [5.74, 6) is 1.91. The molecule has 2 aromatic heterocycles. The fourth-order valence-corrected chi connectivity index (χ4v) is 5.72. The van der Waals surface area contributed by atoms with Crippen molar-refractivity contribution in [2.75, 3.05) is 30.3 Å². The molecule has 0 unspecified atom stereocenters. The second kappa shape index (κ2) is 8.98. The number of para-hydroxylation sites is 1. The standard InChI is InChI=1S/C28H32ClN5O/c1-2-5-19-16-33(12-13-34(19)28(35)18-10-11-18)27-23(30)14-22(26(32-27)17-8-9-17)21-15-25(29)31-24-7-4-3-6-20(21)24/h3-4,6-7,14-15,17-19H,2,5,8-13,16,30H2,1H3/t19-/m1/s1. The smallest absolute Gasteiger partial charge is 0.226 e. The number of carbonyl (C=O) groups excluding carboxylic acids is 1. The summed E-state index contributed by atoms with van der Waals surface area (Å²) in [6.45, 7) is 4.49. The van der Waals surface area contributed by atoms with Gasteiger partial charge in [0.05, 0.1) is 16.9 Å². The minimum Gasteiger partial charge on any atom is -0.396 e. The van der Waals surface area contributed by atoms with Crippen molar-refractivity contribution in [1.29, 1.82) is 0 Å². The third-order valence-electron chi connectivity index (χ3n) is 7.61. The first kappa shape index (κ1) is 22.6. The van der Waals surface area contributed by atoms with Gasteiger partial charge in [-0.25, -0.2) is 9.97 Å². The highest BCUT2D eigenvalue weighted by molar-refractivity contribution is 6.30. The van der Waals surface area contributed by atoms with Gasteiger partial charge in [-0.1, -0.05) is 43.1 Å². The van der Waals surface area contributed by atoms with Crippen molar-refractivity contribution >= 4 is 39.9 Å². The summed E-state index contributed by atoms with van der Waals surface area (Å²) in [4.78, 5) is 27.1. The Hall–Kier alpha value is -2.86. The summed E-state index contributed by atoms with van der Waals surface area (Å²) in [5.41, 5.74) is 11.5. The fraction of sp³-hybridized carbons (Fsp3) is 0.464. The first-order valence-corrected chi connectivity index (χ1v) is 13.3. The molecule has 0 bridgehead atoms. The van der Waals surface area contributed by atoms with Crippen LogP contribution in [0, 0.1) is 5.92 Å². The van der Waals surface area contributed by atoms with Crippen molar-refractivity contribution in [2.24, 2.45) is 5.92 Å². The first-order valence-electron chi connectivity index (χ1n) is 12.9. The molecule has 0 radical (unpaired) electrons. The molecule has 1 atom stereocenters. The van der Waals surface area contributed by atoms with Crippen LogP contribution in [-0.2, 0) is 4.79 Å². The van der Waals surface area contributed by atoms with E-state index in [0.717, 1.165) is 91.7 Å². The van der Waals surface area contributed by atoms with E-state index in [1.165, 1.54) is 0 Å². The molecule has 1 amide bonds. The van der Waals surface area contributed by atoms with Crippen molar-refractivity contribution in [3.63, 3.8) is 0 Å². The van der Waals surface area contributed by atoms with Crippen molar-refractivity contribution in [3.8, 4) is 11.1 Å². The van der Waals surface area contributed by atoms with Crippen LogP contribution in [0.15, 0.2) is 36.4 Å². The molecule has 182 valence electrons. The van der Waals surface area contributed by atoms with E-state index in [2.05, 4.69) is 33.8 Å². The van der Waals surface area contributed by atoms with Gasteiger partial charge in [-0.15, -0.1) is 0 Å². The zero-order valence-electron chi connectivity index (χ0n) is 20.2. The number of rotatable bonds is 6. The van der Waals surface area contributed by atoms with E-state index in [9.17, 15) is 4.79 Å². The Labute approximate surface area is 211 Å². The van der Waals surface area contributed by atoms with Crippen molar-refractivity contribution in [3.05, 3.63) is 47.2 Å². The number of amides is 1. The van der Waals surface area contributed by atoms with Gasteiger partial charge >= 0.3 is 0 Å². The molecule has 1 saturated heterocycles. The summed E-state index contributed by atoms with van der Waals surface area (Å²) in [6.07, 6.45) is 6.44. The molecule has 3 aliphatic rings. The third kappa shape index (κ3) is 4.33. The number of nitrogens with two attached hydrogens (primary N) is 1. The van der Waals surface area contributed by atoms with Crippen LogP contribution in [0.1, 0.15) is 57.1 Å². The highest BCUT2D eigenvalue weighted by atomic mass is 35.5. The molecule has 3 fully saturated rings. The third-order valence-corrected chi connectivity index (χ3v) is 7.81. The van der Waals surface area contributed by atoms with Gasteiger partial charge in [0.25, 0.3) is 0 Å². The second-order valence-corrected chi connectivity index (χ2v) is 10.7. The largest absolute Gasteiger partial charge is 0.396 e. The summed E-state index contributed by atoms with van der Waals surface area (Å²) in [6, 6.07) is 12.3. The molecule has 3 aromatic rings. The summed E-state index contributed by atoms with van der Waals surface area (Å²) >= 11 is 6.42. The Morgan fingerprint density at radius 2 is 1.89 bits per heavy atom. The molecular weight excluding hydrogens is 458 g/mol. The van der Waals surface area contributed by atoms with Crippen molar-refractivity contribution in [1.82, 2.24) is 14.9 Å². The maximum absolute atomic E-state index is 12.9. The molecule has 2 aliphatic carbocycles. The average molecular weight is 490 g/mol. The van der Waals surface area contributed by atoms with Gasteiger partial charge in [-0.05, 0) is 55.9 Å². The molecule has 6 nitrogen and oxygen atoms in total. The van der Waals surface area contributed by atoms with E-state index in [1.807, 2.05) is 24.3 Å². The minimum atomic E-state index is 0.218. The van der Waals surface area contributed by atoms with Crippen molar-refractivity contribution in [2.45, 2.75) is 57.4 Å².